The fraction of sp³-hybridized carbons (Fsp3) is 0.682. The van der Waals surface area contributed by atoms with Crippen LogP contribution in [0.25, 0.3) is 11.3 Å². The van der Waals surface area contributed by atoms with Gasteiger partial charge in [0.25, 0.3) is 0 Å². The highest BCUT2D eigenvalue weighted by molar-refractivity contribution is 5.65. The van der Waals surface area contributed by atoms with E-state index in [1.807, 2.05) is 6.20 Å². The van der Waals surface area contributed by atoms with Crippen LogP contribution in [0.4, 0.5) is 0 Å². The fourth-order valence-electron chi connectivity index (χ4n) is 5.54. The second kappa shape index (κ2) is 4.76. The van der Waals surface area contributed by atoms with E-state index < -0.39 is 0 Å². The Balaban J connectivity index is 1.65. The summed E-state index contributed by atoms with van der Waals surface area (Å²) in [5.41, 5.74) is 6.72. The van der Waals surface area contributed by atoms with Crippen LogP contribution < -0.4 is 0 Å². The Hall–Kier alpha value is -1.71. The molecule has 2 heterocycles. The molecule has 0 N–H and O–H groups in total. The molecule has 4 heteroatoms. The summed E-state index contributed by atoms with van der Waals surface area (Å²) < 4.78 is 2.21. The number of fused-ring (bicyclic) bond motifs is 5. The first-order valence-electron chi connectivity index (χ1n) is 10.1. The van der Waals surface area contributed by atoms with Crippen molar-refractivity contribution >= 4 is 0 Å². The Labute approximate surface area is 156 Å². The first-order valence-corrected chi connectivity index (χ1v) is 10.1. The molecule has 2 atom stereocenters. The predicted molar refractivity (Wildman–Crippen MR) is 103 cm³/mol. The van der Waals surface area contributed by atoms with E-state index >= 15 is 0 Å². The van der Waals surface area contributed by atoms with E-state index in [0.717, 1.165) is 5.69 Å². The van der Waals surface area contributed by atoms with Gasteiger partial charge in [-0.25, -0.2) is 0 Å². The van der Waals surface area contributed by atoms with Gasteiger partial charge in [0.05, 0.1) is 28.8 Å². The summed E-state index contributed by atoms with van der Waals surface area (Å²) in [5.74, 6) is 1.24. The summed E-state index contributed by atoms with van der Waals surface area (Å²) in [4.78, 5) is 0. The molecular weight excluding hydrogens is 320 g/mol. The van der Waals surface area contributed by atoms with Crippen molar-refractivity contribution in [1.29, 1.82) is 0 Å². The molecule has 0 unspecified atom stereocenters. The topological polar surface area (TPSA) is 43.6 Å². The van der Waals surface area contributed by atoms with Gasteiger partial charge in [0.2, 0.25) is 0 Å². The summed E-state index contributed by atoms with van der Waals surface area (Å²) >= 11 is 0. The molecule has 2 bridgehead atoms. The molecular formula is C22H30N4. The SMILES string of the molecule is CC(C)(C)n1ncc(-c2cc3c(nn2)[C@@]2(C)CC[C@@H]3C2(C)C)c1C1CC1. The van der Waals surface area contributed by atoms with Gasteiger partial charge in [-0.05, 0) is 69.4 Å². The highest BCUT2D eigenvalue weighted by Crippen LogP contribution is 2.67. The fourth-order valence-corrected chi connectivity index (χ4v) is 5.54. The molecule has 3 aliphatic carbocycles. The molecule has 3 aliphatic rings. The van der Waals surface area contributed by atoms with E-state index in [1.54, 1.807) is 0 Å². The van der Waals surface area contributed by atoms with E-state index in [1.165, 1.54) is 48.2 Å². The normalized spacial score (nSPS) is 29.2. The van der Waals surface area contributed by atoms with Crippen LogP contribution in [0.2, 0.25) is 0 Å². The lowest BCUT2D eigenvalue weighted by Gasteiger charge is -2.33. The average molecular weight is 351 g/mol. The molecule has 0 aromatic carbocycles. The maximum atomic E-state index is 4.79. The molecule has 138 valence electrons. The molecule has 0 radical (unpaired) electrons. The molecule has 0 saturated heterocycles. The first-order chi connectivity index (χ1) is 12.1. The van der Waals surface area contributed by atoms with Crippen molar-refractivity contribution < 1.29 is 0 Å². The number of nitrogens with zero attached hydrogens (tertiary/aromatic N) is 4. The van der Waals surface area contributed by atoms with Gasteiger partial charge in [-0.15, -0.1) is 0 Å². The standard InChI is InChI=1S/C22H30N4/c1-20(2,3)26-18(13-7-8-13)15(12-23-26)17-11-14-16-9-10-22(6,21(16,4)5)19(14)25-24-17/h11-13,16H,7-10H2,1-6H3/t16-,22+/m0/s1. The van der Waals surface area contributed by atoms with E-state index in [0.29, 0.717) is 11.8 Å². The summed E-state index contributed by atoms with van der Waals surface area (Å²) in [7, 11) is 0. The molecule has 2 saturated carbocycles. The summed E-state index contributed by atoms with van der Waals surface area (Å²) in [6.07, 6.45) is 7.07. The van der Waals surface area contributed by atoms with Crippen LogP contribution in [0.15, 0.2) is 12.3 Å². The van der Waals surface area contributed by atoms with Crippen molar-refractivity contribution in [2.45, 2.75) is 90.0 Å². The Kier molecular flexibility index (Phi) is 3.02. The van der Waals surface area contributed by atoms with Gasteiger partial charge < -0.3 is 0 Å². The van der Waals surface area contributed by atoms with Crippen LogP contribution in [0.3, 0.4) is 0 Å². The Morgan fingerprint density at radius 3 is 2.46 bits per heavy atom. The van der Waals surface area contributed by atoms with Crippen molar-refractivity contribution in [2.75, 3.05) is 0 Å². The lowest BCUT2D eigenvalue weighted by molar-refractivity contribution is 0.226. The minimum atomic E-state index is -0.00509. The number of hydrogen-bond acceptors (Lipinski definition) is 3. The molecule has 2 aromatic heterocycles. The van der Waals surface area contributed by atoms with Gasteiger partial charge >= 0.3 is 0 Å². The minimum Gasteiger partial charge on any atom is -0.263 e. The third-order valence-electron chi connectivity index (χ3n) is 7.63. The third-order valence-corrected chi connectivity index (χ3v) is 7.63. The van der Waals surface area contributed by atoms with E-state index in [4.69, 9.17) is 15.3 Å². The monoisotopic (exact) mass is 350 g/mol. The molecule has 4 nitrogen and oxygen atoms in total. The highest BCUT2D eigenvalue weighted by Gasteiger charge is 2.60. The summed E-state index contributed by atoms with van der Waals surface area (Å²) in [6.45, 7) is 13.9. The van der Waals surface area contributed by atoms with Crippen LogP contribution in [0.5, 0.6) is 0 Å². The number of aromatic nitrogens is 4. The predicted octanol–water partition coefficient (Wildman–Crippen LogP) is 5.15. The average Bonchev–Trinajstić information content (AvgIpc) is 3.21. The van der Waals surface area contributed by atoms with E-state index in [2.05, 4.69) is 52.3 Å². The summed E-state index contributed by atoms with van der Waals surface area (Å²) in [5, 5.41) is 14.3. The van der Waals surface area contributed by atoms with E-state index in [9.17, 15) is 0 Å². The molecule has 0 amide bonds. The molecule has 26 heavy (non-hydrogen) atoms. The van der Waals surface area contributed by atoms with Crippen molar-refractivity contribution in [1.82, 2.24) is 20.0 Å². The van der Waals surface area contributed by atoms with Gasteiger partial charge in [0, 0.05) is 16.9 Å². The molecule has 0 spiro atoms. The molecule has 2 fully saturated rings. The Morgan fingerprint density at radius 2 is 1.81 bits per heavy atom. The number of hydrogen-bond donors (Lipinski definition) is 0. The van der Waals surface area contributed by atoms with Gasteiger partial charge in [-0.3, -0.25) is 4.68 Å². The van der Waals surface area contributed by atoms with Crippen molar-refractivity contribution in [3.05, 3.63) is 29.2 Å². The van der Waals surface area contributed by atoms with Gasteiger partial charge in [0.1, 0.15) is 0 Å². The van der Waals surface area contributed by atoms with Crippen molar-refractivity contribution in [2.24, 2.45) is 5.41 Å². The quantitative estimate of drug-likeness (QED) is 0.752. The lowest BCUT2D eigenvalue weighted by Crippen LogP contribution is -2.32. The molecule has 2 aromatic rings. The van der Waals surface area contributed by atoms with Gasteiger partial charge in [0.15, 0.2) is 0 Å². The first kappa shape index (κ1) is 16.5. The van der Waals surface area contributed by atoms with Crippen LogP contribution in [0, 0.1) is 5.41 Å². The zero-order valence-electron chi connectivity index (χ0n) is 16.9. The Bertz CT molecular complexity index is 897. The van der Waals surface area contributed by atoms with Crippen molar-refractivity contribution in [3.63, 3.8) is 0 Å². The van der Waals surface area contributed by atoms with Gasteiger partial charge in [-0.2, -0.15) is 15.3 Å². The van der Waals surface area contributed by atoms with Crippen LogP contribution in [0.1, 0.15) is 96.0 Å². The smallest absolute Gasteiger partial charge is 0.0967 e. The largest absolute Gasteiger partial charge is 0.263 e. The van der Waals surface area contributed by atoms with E-state index in [-0.39, 0.29) is 16.4 Å². The van der Waals surface area contributed by atoms with Gasteiger partial charge in [-0.1, -0.05) is 20.8 Å². The number of rotatable bonds is 2. The maximum absolute atomic E-state index is 4.79. The molecule has 5 rings (SSSR count). The zero-order chi connectivity index (χ0) is 18.5. The lowest BCUT2D eigenvalue weighted by atomic mass is 9.70. The third kappa shape index (κ3) is 1.93. The Morgan fingerprint density at radius 1 is 1.08 bits per heavy atom. The molecule has 0 aliphatic heterocycles. The van der Waals surface area contributed by atoms with Crippen LogP contribution >= 0.6 is 0 Å². The highest BCUT2D eigenvalue weighted by atomic mass is 15.3. The van der Waals surface area contributed by atoms with Crippen LogP contribution in [-0.2, 0) is 11.0 Å². The second-order valence-electron chi connectivity index (χ2n) is 10.5. The zero-order valence-corrected chi connectivity index (χ0v) is 16.9. The minimum absolute atomic E-state index is 0.00509. The maximum Gasteiger partial charge on any atom is 0.0967 e. The second-order valence-corrected chi connectivity index (χ2v) is 10.5. The van der Waals surface area contributed by atoms with Crippen molar-refractivity contribution in [3.8, 4) is 11.3 Å². The summed E-state index contributed by atoms with van der Waals surface area (Å²) in [6, 6.07) is 2.34. The van der Waals surface area contributed by atoms with Crippen LogP contribution in [-0.4, -0.2) is 20.0 Å².